The molecule has 1 aromatic heterocycles. The van der Waals surface area contributed by atoms with Crippen LogP contribution in [0.25, 0.3) is 11.1 Å². The largest absolute Gasteiger partial charge is 0.472 e. The summed E-state index contributed by atoms with van der Waals surface area (Å²) in [6.45, 7) is 0.686. The topological polar surface area (TPSA) is 34.4 Å². The van der Waals surface area contributed by atoms with Crippen molar-refractivity contribution in [3.05, 3.63) is 48.4 Å². The second kappa shape index (κ2) is 5.66. The van der Waals surface area contributed by atoms with Crippen molar-refractivity contribution in [3.8, 4) is 11.1 Å². The fourth-order valence-electron chi connectivity index (χ4n) is 3.69. The van der Waals surface area contributed by atoms with Crippen LogP contribution in [0.2, 0.25) is 0 Å². The summed E-state index contributed by atoms with van der Waals surface area (Å²) < 4.78 is 11.4. The zero-order valence-electron chi connectivity index (χ0n) is 12.1. The second-order valence-corrected chi connectivity index (χ2v) is 6.21. The Kier molecular flexibility index (Phi) is 3.53. The van der Waals surface area contributed by atoms with Crippen molar-refractivity contribution in [1.29, 1.82) is 0 Å². The molecule has 2 aromatic rings. The average Bonchev–Trinajstić information content (AvgIpc) is 3.15. The average molecular weight is 283 g/mol. The number of hydrogen-bond donors (Lipinski definition) is 1. The van der Waals surface area contributed by atoms with E-state index < -0.39 is 0 Å². The van der Waals surface area contributed by atoms with E-state index in [1.165, 1.54) is 24.0 Å². The molecule has 2 aliphatic rings. The molecule has 2 unspecified atom stereocenters. The van der Waals surface area contributed by atoms with Crippen LogP contribution in [0.3, 0.4) is 0 Å². The van der Waals surface area contributed by atoms with Gasteiger partial charge in [0.25, 0.3) is 0 Å². The second-order valence-electron chi connectivity index (χ2n) is 6.21. The number of piperidine rings is 1. The van der Waals surface area contributed by atoms with E-state index >= 15 is 0 Å². The predicted octanol–water partition coefficient (Wildman–Crippen LogP) is 3.75. The molecule has 21 heavy (non-hydrogen) atoms. The van der Waals surface area contributed by atoms with E-state index in [4.69, 9.17) is 9.15 Å². The van der Waals surface area contributed by atoms with Crippen molar-refractivity contribution >= 4 is 0 Å². The van der Waals surface area contributed by atoms with E-state index in [-0.39, 0.29) is 0 Å². The number of ether oxygens (including phenoxy) is 1. The molecule has 4 rings (SSSR count). The first-order valence-electron chi connectivity index (χ1n) is 7.86. The Morgan fingerprint density at radius 2 is 1.90 bits per heavy atom. The van der Waals surface area contributed by atoms with Crippen molar-refractivity contribution in [2.24, 2.45) is 0 Å². The van der Waals surface area contributed by atoms with Gasteiger partial charge in [0.1, 0.15) is 0 Å². The normalized spacial score (nSPS) is 27.9. The summed E-state index contributed by atoms with van der Waals surface area (Å²) in [5.41, 5.74) is 3.58. The summed E-state index contributed by atoms with van der Waals surface area (Å²) in [4.78, 5) is 0. The van der Waals surface area contributed by atoms with E-state index in [2.05, 4.69) is 29.6 Å². The van der Waals surface area contributed by atoms with Crippen LogP contribution >= 0.6 is 0 Å². The molecule has 2 saturated heterocycles. The minimum Gasteiger partial charge on any atom is -0.472 e. The molecule has 2 atom stereocenters. The minimum atomic E-state index is 0.404. The van der Waals surface area contributed by atoms with E-state index in [1.54, 1.807) is 12.5 Å². The molecule has 2 aliphatic heterocycles. The first-order valence-corrected chi connectivity index (χ1v) is 7.86. The number of furan rings is 1. The third-order valence-electron chi connectivity index (χ3n) is 4.75. The van der Waals surface area contributed by atoms with Crippen molar-refractivity contribution < 1.29 is 9.15 Å². The van der Waals surface area contributed by atoms with Crippen molar-refractivity contribution in [3.63, 3.8) is 0 Å². The summed E-state index contributed by atoms with van der Waals surface area (Å²) in [6.07, 6.45) is 8.86. The summed E-state index contributed by atoms with van der Waals surface area (Å²) in [6, 6.07) is 11.8. The molecule has 0 amide bonds. The number of fused-ring (bicyclic) bond motifs is 2. The first kappa shape index (κ1) is 13.1. The molecule has 1 aromatic carbocycles. The fraction of sp³-hybridized carbons (Fsp3) is 0.444. The van der Waals surface area contributed by atoms with Crippen LogP contribution in [-0.2, 0) is 11.3 Å². The number of rotatable bonds is 4. The van der Waals surface area contributed by atoms with Crippen LogP contribution < -0.4 is 5.32 Å². The highest BCUT2D eigenvalue weighted by Gasteiger charge is 2.33. The number of nitrogens with one attached hydrogen (secondary N) is 1. The molecule has 1 N–H and O–H groups in total. The van der Waals surface area contributed by atoms with Gasteiger partial charge in [0.2, 0.25) is 0 Å². The SMILES string of the molecule is c1ccc(-c2ccoc2)c(COC2CC3CCC(C2)N3)c1. The van der Waals surface area contributed by atoms with Crippen molar-refractivity contribution in [2.75, 3.05) is 0 Å². The molecule has 2 fully saturated rings. The van der Waals surface area contributed by atoms with Crippen LogP contribution in [0.15, 0.2) is 47.3 Å². The van der Waals surface area contributed by atoms with Crippen LogP contribution in [0.5, 0.6) is 0 Å². The molecule has 2 bridgehead atoms. The quantitative estimate of drug-likeness (QED) is 0.928. The number of benzene rings is 1. The molecule has 0 spiro atoms. The molecular weight excluding hydrogens is 262 g/mol. The van der Waals surface area contributed by atoms with Crippen LogP contribution in [-0.4, -0.2) is 18.2 Å². The van der Waals surface area contributed by atoms with Crippen molar-refractivity contribution in [2.45, 2.75) is 50.5 Å². The maximum atomic E-state index is 6.22. The zero-order chi connectivity index (χ0) is 14.1. The molecular formula is C18H21NO2. The van der Waals surface area contributed by atoms with E-state index in [1.807, 2.05) is 6.07 Å². The smallest absolute Gasteiger partial charge is 0.0981 e. The van der Waals surface area contributed by atoms with E-state index in [0.717, 1.165) is 18.4 Å². The van der Waals surface area contributed by atoms with Gasteiger partial charge in [-0.05, 0) is 42.9 Å². The lowest BCUT2D eigenvalue weighted by atomic mass is 10.0. The summed E-state index contributed by atoms with van der Waals surface area (Å²) in [5, 5.41) is 3.66. The zero-order valence-corrected chi connectivity index (χ0v) is 12.1. The van der Waals surface area contributed by atoms with Crippen LogP contribution in [0.4, 0.5) is 0 Å². The van der Waals surface area contributed by atoms with Gasteiger partial charge in [0.05, 0.1) is 25.2 Å². The lowest BCUT2D eigenvalue weighted by molar-refractivity contribution is 0.00937. The summed E-state index contributed by atoms with van der Waals surface area (Å²) in [7, 11) is 0. The summed E-state index contributed by atoms with van der Waals surface area (Å²) >= 11 is 0. The third kappa shape index (κ3) is 2.76. The molecule has 0 aliphatic carbocycles. The van der Waals surface area contributed by atoms with Gasteiger partial charge in [-0.1, -0.05) is 24.3 Å². The lowest BCUT2D eigenvalue weighted by Gasteiger charge is -2.29. The van der Waals surface area contributed by atoms with Crippen LogP contribution in [0.1, 0.15) is 31.2 Å². The van der Waals surface area contributed by atoms with Gasteiger partial charge >= 0.3 is 0 Å². The first-order chi connectivity index (χ1) is 10.4. The molecule has 3 nitrogen and oxygen atoms in total. The standard InChI is InChI=1S/C18H21NO2/c1-2-4-18(14-7-8-20-11-14)13(3-1)12-21-17-9-15-5-6-16(10-17)19-15/h1-4,7-8,11,15-17,19H,5-6,9-10,12H2. The predicted molar refractivity (Wildman–Crippen MR) is 81.9 cm³/mol. The van der Waals surface area contributed by atoms with E-state index in [9.17, 15) is 0 Å². The Morgan fingerprint density at radius 1 is 1.10 bits per heavy atom. The van der Waals surface area contributed by atoms with Gasteiger partial charge < -0.3 is 14.5 Å². The maximum Gasteiger partial charge on any atom is 0.0981 e. The van der Waals surface area contributed by atoms with E-state index in [0.29, 0.717) is 24.8 Å². The van der Waals surface area contributed by atoms with Crippen molar-refractivity contribution in [1.82, 2.24) is 5.32 Å². The molecule has 0 saturated carbocycles. The Balaban J connectivity index is 1.45. The Morgan fingerprint density at radius 3 is 2.67 bits per heavy atom. The lowest BCUT2D eigenvalue weighted by Crippen LogP contribution is -2.41. The number of hydrogen-bond acceptors (Lipinski definition) is 3. The van der Waals surface area contributed by atoms with Gasteiger partial charge in [0.15, 0.2) is 0 Å². The molecule has 3 heterocycles. The molecule has 110 valence electrons. The van der Waals surface area contributed by atoms with Gasteiger partial charge in [-0.3, -0.25) is 0 Å². The highest BCUT2D eigenvalue weighted by molar-refractivity contribution is 5.65. The maximum absolute atomic E-state index is 6.22. The van der Waals surface area contributed by atoms with Gasteiger partial charge in [-0.25, -0.2) is 0 Å². The van der Waals surface area contributed by atoms with Gasteiger partial charge in [-0.15, -0.1) is 0 Å². The monoisotopic (exact) mass is 283 g/mol. The van der Waals surface area contributed by atoms with Crippen LogP contribution in [0, 0.1) is 0 Å². The Bertz CT molecular complexity index is 581. The summed E-state index contributed by atoms with van der Waals surface area (Å²) in [5.74, 6) is 0. The van der Waals surface area contributed by atoms with Gasteiger partial charge in [0, 0.05) is 17.6 Å². The Hall–Kier alpha value is -1.58. The fourth-order valence-corrected chi connectivity index (χ4v) is 3.69. The highest BCUT2D eigenvalue weighted by atomic mass is 16.5. The highest BCUT2D eigenvalue weighted by Crippen LogP contribution is 2.30. The Labute approximate surface area is 125 Å². The third-order valence-corrected chi connectivity index (χ3v) is 4.75. The molecule has 3 heteroatoms. The van der Waals surface area contributed by atoms with Gasteiger partial charge in [-0.2, -0.15) is 0 Å². The molecule has 0 radical (unpaired) electrons. The minimum absolute atomic E-state index is 0.404.